The van der Waals surface area contributed by atoms with Crippen molar-refractivity contribution in [1.29, 1.82) is 0 Å². The van der Waals surface area contributed by atoms with Crippen LogP contribution in [0, 0.1) is 0 Å². The molecule has 8 nitrogen and oxygen atoms in total. The van der Waals surface area contributed by atoms with E-state index in [0.29, 0.717) is 0 Å². The summed E-state index contributed by atoms with van der Waals surface area (Å²) >= 11 is 0. The van der Waals surface area contributed by atoms with Crippen LogP contribution in [0.15, 0.2) is 0 Å². The fourth-order valence-electron chi connectivity index (χ4n) is 1.99. The summed E-state index contributed by atoms with van der Waals surface area (Å²) < 4.78 is 20.1. The number of carbonyl (C=O) groups is 3. The van der Waals surface area contributed by atoms with Crippen molar-refractivity contribution >= 4 is 17.9 Å². The molecule has 1 aliphatic rings. The van der Waals surface area contributed by atoms with Gasteiger partial charge in [0.15, 0.2) is 24.6 Å². The Balaban J connectivity index is 3.01. The fraction of sp³-hybridized carbons (Fsp3) is 0.750. The van der Waals surface area contributed by atoms with E-state index in [4.69, 9.17) is 18.9 Å². The Bertz CT molecular complexity index is 365. The van der Waals surface area contributed by atoms with Gasteiger partial charge in [-0.25, -0.2) is 0 Å². The molecule has 0 unspecified atom stereocenters. The van der Waals surface area contributed by atoms with Crippen molar-refractivity contribution < 1.29 is 38.4 Å². The van der Waals surface area contributed by atoms with Crippen LogP contribution in [0.4, 0.5) is 0 Å². The van der Waals surface area contributed by atoms with Crippen LogP contribution >= 0.6 is 0 Å². The molecular formula is C12H18O8. The third-order valence-corrected chi connectivity index (χ3v) is 2.65. The fourth-order valence-corrected chi connectivity index (χ4v) is 1.99. The molecule has 1 rings (SSSR count). The van der Waals surface area contributed by atoms with E-state index in [1.165, 1.54) is 13.8 Å². The van der Waals surface area contributed by atoms with Gasteiger partial charge in [0.05, 0.1) is 6.10 Å². The van der Waals surface area contributed by atoms with Gasteiger partial charge in [-0.15, -0.1) is 0 Å². The van der Waals surface area contributed by atoms with Crippen LogP contribution < -0.4 is 0 Å². The lowest BCUT2D eigenvalue weighted by atomic mass is 9.99. The molecule has 0 bridgehead atoms. The molecule has 1 N–H and O–H groups in total. The van der Waals surface area contributed by atoms with E-state index in [2.05, 4.69) is 0 Å². The van der Waals surface area contributed by atoms with Crippen molar-refractivity contribution in [2.75, 3.05) is 0 Å². The van der Waals surface area contributed by atoms with Gasteiger partial charge in [-0.05, 0) is 6.92 Å². The molecule has 0 aromatic rings. The zero-order valence-electron chi connectivity index (χ0n) is 11.7. The highest BCUT2D eigenvalue weighted by Gasteiger charge is 2.49. The number of hydrogen-bond acceptors (Lipinski definition) is 8. The standard InChI is InChI=1S/C12H18O8/c1-5-9(18-6(2)13)10(19-7(3)14)11(12(16)17-5)20-8(4)15/h5,9-12,16H,1-4H3/t5-,9-,10-,11+,12-/m1/s1. The Morgan fingerprint density at radius 2 is 1.25 bits per heavy atom. The van der Waals surface area contributed by atoms with Crippen molar-refractivity contribution in [3.63, 3.8) is 0 Å². The Labute approximate surface area is 115 Å². The molecule has 20 heavy (non-hydrogen) atoms. The Kier molecular flexibility index (Phi) is 5.46. The van der Waals surface area contributed by atoms with E-state index < -0.39 is 48.6 Å². The minimum absolute atomic E-state index is 0.611. The average Bonchev–Trinajstić information content (AvgIpc) is 2.27. The van der Waals surface area contributed by atoms with E-state index >= 15 is 0 Å². The first-order chi connectivity index (χ1) is 9.22. The van der Waals surface area contributed by atoms with Crippen LogP contribution in [-0.4, -0.2) is 53.7 Å². The number of aliphatic hydroxyl groups excluding tert-OH is 1. The van der Waals surface area contributed by atoms with Crippen molar-refractivity contribution in [2.45, 2.75) is 58.4 Å². The highest BCUT2D eigenvalue weighted by atomic mass is 16.7. The summed E-state index contributed by atoms with van der Waals surface area (Å²) in [6, 6.07) is 0. The van der Waals surface area contributed by atoms with E-state index in [-0.39, 0.29) is 0 Å². The van der Waals surface area contributed by atoms with E-state index in [1.807, 2.05) is 0 Å². The molecule has 1 aliphatic heterocycles. The van der Waals surface area contributed by atoms with Gasteiger partial charge in [-0.3, -0.25) is 14.4 Å². The van der Waals surface area contributed by atoms with Crippen LogP contribution in [-0.2, 0) is 33.3 Å². The van der Waals surface area contributed by atoms with E-state index in [1.54, 1.807) is 0 Å². The molecule has 0 saturated carbocycles. The number of carbonyl (C=O) groups excluding carboxylic acids is 3. The summed E-state index contributed by atoms with van der Waals surface area (Å²) in [6.07, 6.45) is -5.60. The van der Waals surface area contributed by atoms with Gasteiger partial charge in [-0.2, -0.15) is 0 Å². The molecule has 0 radical (unpaired) electrons. The Hall–Kier alpha value is -1.67. The lowest BCUT2D eigenvalue weighted by Crippen LogP contribution is -2.60. The predicted octanol–water partition coefficient (Wildman–Crippen LogP) is -0.481. The summed E-state index contributed by atoms with van der Waals surface area (Å²) in [4.78, 5) is 33.3. The topological polar surface area (TPSA) is 108 Å². The molecule has 0 aromatic carbocycles. The molecule has 1 saturated heterocycles. The smallest absolute Gasteiger partial charge is 0.303 e. The van der Waals surface area contributed by atoms with Crippen molar-refractivity contribution in [3.8, 4) is 0 Å². The Morgan fingerprint density at radius 3 is 1.70 bits per heavy atom. The van der Waals surface area contributed by atoms with Crippen LogP contribution in [0.5, 0.6) is 0 Å². The Morgan fingerprint density at radius 1 is 0.850 bits per heavy atom. The first kappa shape index (κ1) is 16.4. The predicted molar refractivity (Wildman–Crippen MR) is 63.2 cm³/mol. The minimum Gasteiger partial charge on any atom is -0.456 e. The summed E-state index contributed by atoms with van der Waals surface area (Å²) in [5, 5.41) is 9.79. The second kappa shape index (κ2) is 6.67. The highest BCUT2D eigenvalue weighted by Crippen LogP contribution is 2.27. The van der Waals surface area contributed by atoms with Gasteiger partial charge in [-0.1, -0.05) is 0 Å². The number of ether oxygens (including phenoxy) is 4. The molecule has 0 aromatic heterocycles. The quantitative estimate of drug-likeness (QED) is 0.548. The summed E-state index contributed by atoms with van der Waals surface area (Å²) in [5.74, 6) is -1.96. The molecule has 1 fully saturated rings. The molecular weight excluding hydrogens is 272 g/mol. The zero-order valence-corrected chi connectivity index (χ0v) is 11.7. The van der Waals surface area contributed by atoms with Gasteiger partial charge in [0.1, 0.15) is 0 Å². The maximum absolute atomic E-state index is 11.2. The average molecular weight is 290 g/mol. The number of hydrogen-bond donors (Lipinski definition) is 1. The van der Waals surface area contributed by atoms with Crippen LogP contribution in [0.25, 0.3) is 0 Å². The third-order valence-electron chi connectivity index (χ3n) is 2.65. The van der Waals surface area contributed by atoms with E-state index in [0.717, 1.165) is 13.8 Å². The zero-order chi connectivity index (χ0) is 15.4. The molecule has 8 heteroatoms. The third kappa shape index (κ3) is 4.17. The van der Waals surface area contributed by atoms with Gasteiger partial charge in [0.2, 0.25) is 0 Å². The summed E-state index contributed by atoms with van der Waals surface area (Å²) in [5.41, 5.74) is 0. The maximum Gasteiger partial charge on any atom is 0.303 e. The van der Waals surface area contributed by atoms with Crippen LogP contribution in [0.2, 0.25) is 0 Å². The molecule has 0 aliphatic carbocycles. The lowest BCUT2D eigenvalue weighted by molar-refractivity contribution is -0.288. The molecule has 0 spiro atoms. The van der Waals surface area contributed by atoms with Crippen molar-refractivity contribution in [2.24, 2.45) is 0 Å². The molecule has 1 heterocycles. The molecule has 0 amide bonds. The van der Waals surface area contributed by atoms with E-state index in [9.17, 15) is 19.5 Å². The second-order valence-corrected chi connectivity index (χ2v) is 4.45. The van der Waals surface area contributed by atoms with Gasteiger partial charge in [0, 0.05) is 20.8 Å². The molecule has 114 valence electrons. The number of esters is 3. The SMILES string of the molecule is CC(=O)O[C@H]1[C@H](OC(C)=O)[C@H](O)O[C@H](C)[C@H]1OC(C)=O. The van der Waals surface area contributed by atoms with Crippen molar-refractivity contribution in [3.05, 3.63) is 0 Å². The number of rotatable bonds is 3. The van der Waals surface area contributed by atoms with Gasteiger partial charge < -0.3 is 24.1 Å². The van der Waals surface area contributed by atoms with Gasteiger partial charge in [0.25, 0.3) is 0 Å². The second-order valence-electron chi connectivity index (χ2n) is 4.45. The minimum atomic E-state index is -1.48. The summed E-state index contributed by atoms with van der Waals surface area (Å²) in [6.45, 7) is 5.01. The first-order valence-corrected chi connectivity index (χ1v) is 6.07. The highest BCUT2D eigenvalue weighted by molar-refractivity contribution is 5.68. The van der Waals surface area contributed by atoms with Crippen LogP contribution in [0.3, 0.4) is 0 Å². The lowest BCUT2D eigenvalue weighted by Gasteiger charge is -2.41. The van der Waals surface area contributed by atoms with Crippen molar-refractivity contribution in [1.82, 2.24) is 0 Å². The summed E-state index contributed by atoms with van der Waals surface area (Å²) in [7, 11) is 0. The van der Waals surface area contributed by atoms with Crippen LogP contribution in [0.1, 0.15) is 27.7 Å². The first-order valence-electron chi connectivity index (χ1n) is 6.07. The normalized spacial score (nSPS) is 33.1. The monoisotopic (exact) mass is 290 g/mol. The number of aliphatic hydroxyl groups is 1. The van der Waals surface area contributed by atoms with Gasteiger partial charge >= 0.3 is 17.9 Å². The largest absolute Gasteiger partial charge is 0.456 e. The maximum atomic E-state index is 11.2. The molecule has 5 atom stereocenters.